The molecule has 6 nitrogen and oxygen atoms in total. The maximum Gasteiger partial charge on any atom is 0.229 e. The third kappa shape index (κ3) is 6.81. The molecule has 1 spiro atoms. The summed E-state index contributed by atoms with van der Waals surface area (Å²) in [6.45, 7) is 4.10. The molecule has 0 radical (unpaired) electrons. The first-order valence-electron chi connectivity index (χ1n) is 13.6. The molecule has 8 heteroatoms. The smallest absolute Gasteiger partial charge is 0.229 e. The van der Waals surface area contributed by atoms with Crippen LogP contribution in [0.5, 0.6) is 0 Å². The molecule has 2 aliphatic heterocycles. The van der Waals surface area contributed by atoms with Gasteiger partial charge in [-0.15, -0.1) is 0 Å². The lowest BCUT2D eigenvalue weighted by Gasteiger charge is -2.38. The van der Waals surface area contributed by atoms with E-state index < -0.39 is 0 Å². The number of nitrogens with zero attached hydrogens (tertiary/aromatic N) is 3. The summed E-state index contributed by atoms with van der Waals surface area (Å²) in [4.78, 5) is 35.0. The molecule has 3 heterocycles. The van der Waals surface area contributed by atoms with Crippen LogP contribution in [-0.4, -0.2) is 52.8 Å². The summed E-state index contributed by atoms with van der Waals surface area (Å²) >= 11 is 12.2. The molecule has 5 rings (SSSR count). The minimum absolute atomic E-state index is 0.0508. The van der Waals surface area contributed by atoms with Gasteiger partial charge >= 0.3 is 0 Å². The number of piperidine rings is 1. The van der Waals surface area contributed by atoms with Crippen molar-refractivity contribution in [1.29, 1.82) is 0 Å². The van der Waals surface area contributed by atoms with Gasteiger partial charge in [-0.1, -0.05) is 65.7 Å². The molecule has 1 aromatic heterocycles. The van der Waals surface area contributed by atoms with Crippen LogP contribution in [0.4, 0.5) is 0 Å². The zero-order chi connectivity index (χ0) is 27.2. The molecule has 0 bridgehead atoms. The Hall–Kier alpha value is -2.93. The number of carbonyl (C=O) groups is 2. The van der Waals surface area contributed by atoms with Crippen molar-refractivity contribution < 1.29 is 9.59 Å². The van der Waals surface area contributed by atoms with Gasteiger partial charge < -0.3 is 15.1 Å². The van der Waals surface area contributed by atoms with Crippen molar-refractivity contribution in [3.63, 3.8) is 0 Å². The molecular weight excluding hydrogens is 531 g/mol. The third-order valence-electron chi connectivity index (χ3n) is 8.13. The number of rotatable bonds is 9. The van der Waals surface area contributed by atoms with E-state index in [1.54, 1.807) is 18.3 Å². The van der Waals surface area contributed by atoms with Crippen LogP contribution in [0, 0.1) is 5.41 Å². The van der Waals surface area contributed by atoms with Crippen molar-refractivity contribution in [3.8, 4) is 0 Å². The molecule has 2 aliphatic rings. The van der Waals surface area contributed by atoms with Crippen LogP contribution in [0.3, 0.4) is 0 Å². The standard InChI is InChI=1S/C31H34Cl2N4O2/c32-26-9-8-23(19-27(26)33)20-29(38)35-28(25-6-2-1-3-7-25)10-15-36-16-11-31(12-17-36)13-18-37(30(31)39)22-24-5-4-14-34-21-24/h1-9,14,19,21,28H,10-13,15-18,20,22H2,(H,35,38). The van der Waals surface area contributed by atoms with E-state index in [4.69, 9.17) is 23.2 Å². The molecule has 3 aromatic rings. The fourth-order valence-corrected chi connectivity index (χ4v) is 6.14. The van der Waals surface area contributed by atoms with Gasteiger partial charge in [0.25, 0.3) is 0 Å². The van der Waals surface area contributed by atoms with Crippen LogP contribution in [0.2, 0.25) is 10.0 Å². The molecule has 2 saturated heterocycles. The van der Waals surface area contributed by atoms with E-state index >= 15 is 0 Å². The molecule has 1 atom stereocenters. The fraction of sp³-hybridized carbons (Fsp3) is 0.387. The highest BCUT2D eigenvalue weighted by Gasteiger charge is 2.47. The van der Waals surface area contributed by atoms with Crippen molar-refractivity contribution in [3.05, 3.63) is 99.8 Å². The number of likely N-dealkylation sites (tertiary alicyclic amines) is 2. The molecular formula is C31H34Cl2N4O2. The number of aromatic nitrogens is 1. The van der Waals surface area contributed by atoms with E-state index in [9.17, 15) is 9.59 Å². The lowest BCUT2D eigenvalue weighted by atomic mass is 9.77. The predicted molar refractivity (Wildman–Crippen MR) is 154 cm³/mol. The summed E-state index contributed by atoms with van der Waals surface area (Å²) < 4.78 is 0. The van der Waals surface area contributed by atoms with E-state index in [2.05, 4.69) is 27.3 Å². The first-order chi connectivity index (χ1) is 18.9. The second kappa shape index (κ2) is 12.5. The van der Waals surface area contributed by atoms with Crippen molar-refractivity contribution in [2.24, 2.45) is 5.41 Å². The van der Waals surface area contributed by atoms with Crippen LogP contribution in [-0.2, 0) is 22.6 Å². The maximum atomic E-state index is 13.4. The first kappa shape index (κ1) is 27.6. The van der Waals surface area contributed by atoms with Crippen LogP contribution < -0.4 is 5.32 Å². The Labute approximate surface area is 240 Å². The first-order valence-corrected chi connectivity index (χ1v) is 14.4. The Morgan fingerprint density at radius 2 is 1.72 bits per heavy atom. The van der Waals surface area contributed by atoms with Crippen LogP contribution in [0.25, 0.3) is 0 Å². The highest BCUT2D eigenvalue weighted by molar-refractivity contribution is 6.42. The van der Waals surface area contributed by atoms with E-state index in [0.29, 0.717) is 22.5 Å². The number of hydrogen-bond acceptors (Lipinski definition) is 4. The Kier molecular flexibility index (Phi) is 8.85. The van der Waals surface area contributed by atoms with Gasteiger partial charge in [-0.2, -0.15) is 0 Å². The SMILES string of the molecule is O=C(Cc1ccc(Cl)c(Cl)c1)NC(CCN1CCC2(CC1)CCN(Cc1cccnc1)C2=O)c1ccccc1. The molecule has 1 N–H and O–H groups in total. The molecule has 2 fully saturated rings. The molecule has 1 unspecified atom stereocenters. The minimum Gasteiger partial charge on any atom is -0.349 e. The summed E-state index contributed by atoms with van der Waals surface area (Å²) in [6.07, 6.45) is 7.33. The number of amides is 2. The zero-order valence-electron chi connectivity index (χ0n) is 22.0. The number of halogens is 2. The van der Waals surface area contributed by atoms with Gasteiger partial charge in [0.05, 0.1) is 27.9 Å². The fourth-order valence-electron chi connectivity index (χ4n) is 5.82. The van der Waals surface area contributed by atoms with Gasteiger partial charge in [-0.3, -0.25) is 14.6 Å². The summed E-state index contributed by atoms with van der Waals surface area (Å²) in [7, 11) is 0. The molecule has 2 aromatic carbocycles. The summed E-state index contributed by atoms with van der Waals surface area (Å²) in [5.74, 6) is 0.243. The van der Waals surface area contributed by atoms with Gasteiger partial charge in [0.1, 0.15) is 0 Å². The molecule has 0 aliphatic carbocycles. The summed E-state index contributed by atoms with van der Waals surface area (Å²) in [5.41, 5.74) is 2.76. The van der Waals surface area contributed by atoms with E-state index in [1.165, 1.54) is 0 Å². The Balaban J connectivity index is 1.15. The van der Waals surface area contributed by atoms with Crippen molar-refractivity contribution in [2.75, 3.05) is 26.2 Å². The normalized spacial score (nSPS) is 17.9. The van der Waals surface area contributed by atoms with Crippen molar-refractivity contribution in [1.82, 2.24) is 20.1 Å². The Morgan fingerprint density at radius 1 is 0.949 bits per heavy atom. The van der Waals surface area contributed by atoms with Crippen molar-refractivity contribution >= 4 is 35.0 Å². The van der Waals surface area contributed by atoms with Crippen LogP contribution in [0.15, 0.2) is 73.1 Å². The van der Waals surface area contributed by atoms with Crippen LogP contribution >= 0.6 is 23.2 Å². The van der Waals surface area contributed by atoms with Gasteiger partial charge in [-0.05, 0) is 73.7 Å². The third-order valence-corrected chi connectivity index (χ3v) is 8.87. The number of carbonyl (C=O) groups excluding carboxylic acids is 2. The largest absolute Gasteiger partial charge is 0.349 e. The van der Waals surface area contributed by atoms with Gasteiger partial charge in [0, 0.05) is 32.0 Å². The topological polar surface area (TPSA) is 65.5 Å². The maximum absolute atomic E-state index is 13.4. The van der Waals surface area contributed by atoms with E-state index in [1.807, 2.05) is 47.5 Å². The van der Waals surface area contributed by atoms with E-state index in [0.717, 1.165) is 68.6 Å². The summed E-state index contributed by atoms with van der Waals surface area (Å²) in [5, 5.41) is 4.16. The number of nitrogens with one attached hydrogen (secondary N) is 1. The van der Waals surface area contributed by atoms with Gasteiger partial charge in [0.2, 0.25) is 11.8 Å². The Bertz CT molecular complexity index is 1280. The monoisotopic (exact) mass is 564 g/mol. The second-order valence-electron chi connectivity index (χ2n) is 10.7. The second-order valence-corrected chi connectivity index (χ2v) is 11.5. The minimum atomic E-state index is -0.231. The number of pyridine rings is 1. The van der Waals surface area contributed by atoms with Gasteiger partial charge in [-0.25, -0.2) is 0 Å². The average Bonchev–Trinajstić information content (AvgIpc) is 3.24. The van der Waals surface area contributed by atoms with Gasteiger partial charge in [0.15, 0.2) is 0 Å². The highest BCUT2D eigenvalue weighted by atomic mass is 35.5. The lowest BCUT2D eigenvalue weighted by Crippen LogP contribution is -2.45. The quantitative estimate of drug-likeness (QED) is 0.362. The molecule has 2 amide bonds. The molecule has 204 valence electrons. The number of hydrogen-bond donors (Lipinski definition) is 1. The molecule has 0 saturated carbocycles. The predicted octanol–water partition coefficient (Wildman–Crippen LogP) is 5.69. The van der Waals surface area contributed by atoms with E-state index in [-0.39, 0.29) is 23.8 Å². The molecule has 39 heavy (non-hydrogen) atoms. The zero-order valence-corrected chi connectivity index (χ0v) is 23.5. The average molecular weight is 566 g/mol. The van der Waals surface area contributed by atoms with Crippen molar-refractivity contribution in [2.45, 2.75) is 44.7 Å². The number of benzene rings is 2. The van der Waals surface area contributed by atoms with Crippen LogP contribution in [0.1, 0.15) is 48.4 Å². The summed E-state index contributed by atoms with van der Waals surface area (Å²) in [6, 6.07) is 19.2. The lowest BCUT2D eigenvalue weighted by molar-refractivity contribution is -0.139. The Morgan fingerprint density at radius 3 is 2.44 bits per heavy atom. The highest BCUT2D eigenvalue weighted by Crippen LogP contribution is 2.42.